The number of aromatic nitrogens is 12. The molecule has 0 spiro atoms. The first-order chi connectivity index (χ1) is 72.9. The fourth-order valence-electron chi connectivity index (χ4n) is 20.2. The molecule has 0 atom stereocenters. The summed E-state index contributed by atoms with van der Waals surface area (Å²) in [5.74, 6) is 5.78. The van der Waals surface area contributed by atoms with Gasteiger partial charge in [0.25, 0.3) is 0 Å². The number of rotatable bonds is 18. The molecular formula is C135H90N12. The van der Waals surface area contributed by atoms with Crippen molar-refractivity contribution in [3.8, 4) is 186 Å². The molecule has 27 rings (SSSR count). The Labute approximate surface area is 850 Å². The Morgan fingerprint density at radius 3 is 0.565 bits per heavy atom. The van der Waals surface area contributed by atoms with Crippen LogP contribution in [-0.2, 0) is 0 Å². The molecule has 12 heteroatoms. The maximum Gasteiger partial charge on any atom is 0.166 e. The van der Waals surface area contributed by atoms with Gasteiger partial charge in [0.15, 0.2) is 52.4 Å². The van der Waals surface area contributed by atoms with Gasteiger partial charge in [-0.3, -0.25) is 0 Å². The third kappa shape index (κ3) is 17.6. The lowest BCUT2D eigenvalue weighted by atomic mass is 9.95. The van der Waals surface area contributed by atoms with Gasteiger partial charge in [-0.05, 0) is 165 Å². The van der Waals surface area contributed by atoms with E-state index in [4.69, 9.17) is 44.9 Å². The van der Waals surface area contributed by atoms with Gasteiger partial charge in [0.1, 0.15) is 0 Å². The summed E-state index contributed by atoms with van der Waals surface area (Å²) in [5, 5.41) is 7.25. The minimum Gasteiger partial charge on any atom is -0.309 e. The van der Waals surface area contributed by atoms with E-state index in [-0.39, 0.29) is 0 Å². The Morgan fingerprint density at radius 2 is 0.306 bits per heavy atom. The molecule has 0 aliphatic carbocycles. The predicted molar refractivity (Wildman–Crippen MR) is 604 cm³/mol. The first-order valence-electron chi connectivity index (χ1n) is 49.4. The lowest BCUT2D eigenvalue weighted by Crippen LogP contribution is -2.04. The maximum atomic E-state index is 5.13. The monoisotopic (exact) mass is 1880 g/mol. The number of hydrogen-bond donors (Lipinski definition) is 0. The van der Waals surface area contributed by atoms with Crippen LogP contribution in [0.15, 0.2) is 546 Å². The zero-order chi connectivity index (χ0) is 97.7. The van der Waals surface area contributed by atoms with Crippen molar-refractivity contribution in [2.45, 2.75) is 0 Å². The van der Waals surface area contributed by atoms with Crippen molar-refractivity contribution in [1.29, 1.82) is 0 Å². The van der Waals surface area contributed by atoms with Crippen molar-refractivity contribution in [2.24, 2.45) is 0 Å². The Bertz CT molecular complexity index is 8900. The second-order valence-corrected chi connectivity index (χ2v) is 36.2. The Kier molecular flexibility index (Phi) is 23.8. The second-order valence-electron chi connectivity index (χ2n) is 36.2. The number of hydrogen-bond acceptors (Lipinski definition) is 9. The van der Waals surface area contributed by atoms with Crippen molar-refractivity contribution >= 4 is 65.4 Å². The first-order valence-corrected chi connectivity index (χ1v) is 49.4. The smallest absolute Gasteiger partial charge is 0.166 e. The summed E-state index contributed by atoms with van der Waals surface area (Å²) in [7, 11) is 0. The van der Waals surface area contributed by atoms with Crippen LogP contribution < -0.4 is 0 Å². The van der Waals surface area contributed by atoms with Crippen molar-refractivity contribution in [3.05, 3.63) is 546 Å². The van der Waals surface area contributed by atoms with Crippen LogP contribution in [0.5, 0.6) is 0 Å². The minimum absolute atomic E-state index is 0.622. The highest BCUT2D eigenvalue weighted by atomic mass is 15.1. The van der Waals surface area contributed by atoms with E-state index in [1.165, 1.54) is 99.0 Å². The normalized spacial score (nSPS) is 11.3. The lowest BCUT2D eigenvalue weighted by Gasteiger charge is -2.17. The van der Waals surface area contributed by atoms with Crippen LogP contribution in [0.4, 0.5) is 0 Å². The first kappa shape index (κ1) is 88.5. The second kappa shape index (κ2) is 39.6. The number of nitrogens with zero attached hydrogens (tertiary/aromatic N) is 12. The number of fused-ring (bicyclic) bond motifs is 9. The molecule has 0 bridgehead atoms. The van der Waals surface area contributed by atoms with Gasteiger partial charge < -0.3 is 13.7 Å². The van der Waals surface area contributed by atoms with Crippen molar-refractivity contribution < 1.29 is 0 Å². The van der Waals surface area contributed by atoms with E-state index >= 15 is 0 Å². The molecule has 0 aliphatic rings. The molecule has 6 heterocycles. The topological polar surface area (TPSA) is 131 Å². The number of benzene rings is 21. The Hall–Kier alpha value is -20.0. The molecule has 0 saturated carbocycles. The maximum absolute atomic E-state index is 5.13. The SMILES string of the molecule is c1ccc(-c2cc(-c3ccccc3)c3c(c2)c2ccccc2n3-c2ccc(-c3nc(-c4ccccc4)nc(-c4ccccc4)n3)cc2)cc1.c1ccc(-c2cc(-c3ccccc3)c3c(c2)c2ccccc2n3-c2ccc(-c3nc(-c4ccccc4)nc(-c4ccccc4)n3)cc2)cc1.c1ccc(-c2cc(-c3ccccc3)c3c(c2)c2ccccc2n3-c2ccccc2-c2nc(-c3ccccc3)nc(-c3ccccc3)n2)cc1. The van der Waals surface area contributed by atoms with Crippen LogP contribution in [0.2, 0.25) is 0 Å². The van der Waals surface area contributed by atoms with Crippen molar-refractivity contribution in [1.82, 2.24) is 58.6 Å². The predicted octanol–water partition coefficient (Wildman–Crippen LogP) is 33.9. The zero-order valence-electron chi connectivity index (χ0n) is 79.8. The van der Waals surface area contributed by atoms with Gasteiger partial charge in [-0.15, -0.1) is 0 Å². The summed E-state index contributed by atoms with van der Waals surface area (Å²) >= 11 is 0. The lowest BCUT2D eigenvalue weighted by molar-refractivity contribution is 1.06. The molecule has 27 aromatic rings. The molecule has 0 radical (unpaired) electrons. The quantitative estimate of drug-likeness (QED) is 0.0824. The minimum atomic E-state index is 0.622. The summed E-state index contributed by atoms with van der Waals surface area (Å²) in [6, 6.07) is 190. The fraction of sp³-hybridized carbons (Fsp3) is 0. The molecule has 147 heavy (non-hydrogen) atoms. The van der Waals surface area contributed by atoms with E-state index < -0.39 is 0 Å². The number of para-hydroxylation sites is 4. The highest BCUT2D eigenvalue weighted by Gasteiger charge is 2.27. The summed E-state index contributed by atoms with van der Waals surface area (Å²) in [6.07, 6.45) is 0. The van der Waals surface area contributed by atoms with Gasteiger partial charge in [0.05, 0.1) is 38.8 Å². The van der Waals surface area contributed by atoms with E-state index in [9.17, 15) is 0 Å². The Morgan fingerprint density at radius 1 is 0.116 bits per heavy atom. The molecule has 12 nitrogen and oxygen atoms in total. The Balaban J connectivity index is 0.000000115. The molecule has 0 saturated heterocycles. The average molecular weight is 1880 g/mol. The van der Waals surface area contributed by atoms with Crippen molar-refractivity contribution in [2.75, 3.05) is 0 Å². The van der Waals surface area contributed by atoms with E-state index in [1.807, 2.05) is 182 Å². The van der Waals surface area contributed by atoms with Gasteiger partial charge in [-0.1, -0.05) is 431 Å². The van der Waals surface area contributed by atoms with E-state index in [0.29, 0.717) is 52.4 Å². The van der Waals surface area contributed by atoms with Crippen molar-refractivity contribution in [3.63, 3.8) is 0 Å². The molecule has 0 fully saturated rings. The highest BCUT2D eigenvalue weighted by molar-refractivity contribution is 6.18. The highest BCUT2D eigenvalue weighted by Crippen LogP contribution is 2.48. The molecule has 0 N–H and O–H groups in total. The summed E-state index contributed by atoms with van der Waals surface area (Å²) in [4.78, 5) is 44.8. The summed E-state index contributed by atoms with van der Waals surface area (Å²) in [5.41, 5.74) is 32.8. The van der Waals surface area contributed by atoms with E-state index in [0.717, 1.165) is 100 Å². The van der Waals surface area contributed by atoms with E-state index in [1.54, 1.807) is 0 Å². The molecular weight excluding hydrogens is 1790 g/mol. The molecule has 0 aliphatic heterocycles. The fourth-order valence-corrected chi connectivity index (χ4v) is 20.2. The van der Waals surface area contributed by atoms with Gasteiger partial charge in [0, 0.05) is 110 Å². The molecule has 0 amide bonds. The van der Waals surface area contributed by atoms with Crippen LogP contribution in [0, 0.1) is 0 Å². The zero-order valence-corrected chi connectivity index (χ0v) is 79.8. The van der Waals surface area contributed by atoms with E-state index in [2.05, 4.69) is 378 Å². The molecule has 6 aromatic heterocycles. The molecule has 0 unspecified atom stereocenters. The molecule has 21 aromatic carbocycles. The third-order valence-electron chi connectivity index (χ3n) is 27.1. The average Bonchev–Trinajstić information content (AvgIpc) is 1.59. The van der Waals surface area contributed by atoms with Gasteiger partial charge in [-0.2, -0.15) is 0 Å². The van der Waals surface area contributed by atoms with Gasteiger partial charge in [0.2, 0.25) is 0 Å². The largest absolute Gasteiger partial charge is 0.309 e. The van der Waals surface area contributed by atoms with Crippen LogP contribution in [-0.4, -0.2) is 58.6 Å². The molecule has 690 valence electrons. The standard InChI is InChI=1S/3C45H30N4/c1-5-17-31(18-6-1)35-29-38(32-19-7-2-8-20-32)42-39(30-35)36-25-13-15-27-40(36)49(42)41-28-16-14-26-37(41)45-47-43(33-21-9-3-10-22-33)46-44(48-45)34-23-11-4-12-24-34;2*1-5-15-31(16-6-1)36-29-39(32-17-7-2-8-18-32)42-40(30-36)38-23-13-14-24-41(38)49(42)37-27-25-35(26-28-37)45-47-43(33-19-9-3-10-20-33)46-44(48-45)34-21-11-4-12-22-34/h3*1-30H. The van der Waals surface area contributed by atoms with Gasteiger partial charge in [-0.25, -0.2) is 44.9 Å². The van der Waals surface area contributed by atoms with Gasteiger partial charge >= 0.3 is 0 Å². The van der Waals surface area contributed by atoms with Crippen LogP contribution in [0.25, 0.3) is 252 Å². The van der Waals surface area contributed by atoms with Crippen LogP contribution in [0.3, 0.4) is 0 Å². The summed E-state index contributed by atoms with van der Waals surface area (Å²) < 4.78 is 7.18. The summed E-state index contributed by atoms with van der Waals surface area (Å²) in [6.45, 7) is 0. The van der Waals surface area contributed by atoms with Crippen LogP contribution in [0.1, 0.15) is 0 Å². The third-order valence-corrected chi connectivity index (χ3v) is 27.1. The van der Waals surface area contributed by atoms with Crippen LogP contribution >= 0.6 is 0 Å².